The standard InChI is InChI=1S/C4H5F3O/c1-2-3-8-4(5,6)7/h2H,1,3H2/i4+2. The predicted octanol–water partition coefficient (Wildman–Crippen LogP) is 1.71. The Morgan fingerprint density at radius 1 is 1.50 bits per heavy atom. The van der Waals surface area contributed by atoms with E-state index in [0.29, 0.717) is 0 Å². The fraction of sp³-hybridized carbons (Fsp3) is 0.500. The molecule has 0 heterocycles. The van der Waals surface area contributed by atoms with Gasteiger partial charge in [-0.3, -0.25) is 4.74 Å². The molecule has 0 aromatic rings. The van der Waals surface area contributed by atoms with Crippen LogP contribution in [-0.2, 0) is 4.74 Å². The Morgan fingerprint density at radius 2 is 2.00 bits per heavy atom. The number of rotatable bonds is 2. The van der Waals surface area contributed by atoms with Gasteiger partial charge in [-0.2, -0.15) is 0 Å². The van der Waals surface area contributed by atoms with Crippen LogP contribution in [0.1, 0.15) is 0 Å². The average Bonchev–Trinajstić information content (AvgIpc) is 1.59. The number of halogens is 3. The smallest absolute Gasteiger partial charge is 0.288 e. The average molecular weight is 128 g/mol. The molecule has 0 atom stereocenters. The largest absolute Gasteiger partial charge is 0.522 e. The molecule has 0 N–H and O–H groups in total. The van der Waals surface area contributed by atoms with Crippen LogP contribution in [0.25, 0.3) is 0 Å². The second-order valence-corrected chi connectivity index (χ2v) is 1.05. The fourth-order valence-electron chi connectivity index (χ4n) is 0.153. The maximum absolute atomic E-state index is 11.0. The highest BCUT2D eigenvalue weighted by molar-refractivity contribution is 4.63. The zero-order valence-electron chi connectivity index (χ0n) is 4.03. The summed E-state index contributed by atoms with van der Waals surface area (Å²) in [6.07, 6.45) is -3.48. The van der Waals surface area contributed by atoms with E-state index in [1.165, 1.54) is 0 Å². The van der Waals surface area contributed by atoms with Gasteiger partial charge in [0.05, 0.1) is 6.61 Å². The second-order valence-electron chi connectivity index (χ2n) is 1.05. The van der Waals surface area contributed by atoms with E-state index in [4.69, 9.17) is 0 Å². The maximum atomic E-state index is 11.0. The van der Waals surface area contributed by atoms with Gasteiger partial charge in [-0.1, -0.05) is 6.08 Å². The molecular formula is C4H5F3O. The number of hydrogen-bond acceptors (Lipinski definition) is 1. The first kappa shape index (κ1) is 7.49. The van der Waals surface area contributed by atoms with Crippen molar-refractivity contribution in [1.29, 1.82) is 0 Å². The van der Waals surface area contributed by atoms with Gasteiger partial charge >= 0.3 is 6.36 Å². The maximum Gasteiger partial charge on any atom is 0.522 e. The second kappa shape index (κ2) is 2.71. The summed E-state index contributed by atoms with van der Waals surface area (Å²) in [5.41, 5.74) is 0. The predicted molar refractivity (Wildman–Crippen MR) is 22.2 cm³/mol. The van der Waals surface area contributed by atoms with Gasteiger partial charge in [-0.15, -0.1) is 19.8 Å². The Labute approximate surface area is 44.8 Å². The van der Waals surface area contributed by atoms with Crippen LogP contribution in [0.4, 0.5) is 13.2 Å². The third-order valence-corrected chi connectivity index (χ3v) is 0.365. The third-order valence-electron chi connectivity index (χ3n) is 0.365. The molecular weight excluding hydrogens is 123 g/mol. The van der Waals surface area contributed by atoms with Crippen LogP contribution in [0.5, 0.6) is 0 Å². The normalized spacial score (nSPS) is 11.4. The lowest BCUT2D eigenvalue weighted by Gasteiger charge is -2.02. The van der Waals surface area contributed by atoms with Crippen LogP contribution in [-0.4, -0.2) is 13.0 Å². The van der Waals surface area contributed by atoms with Crippen molar-refractivity contribution in [1.82, 2.24) is 0 Å². The molecule has 1 nitrogen and oxygen atoms in total. The van der Waals surface area contributed by atoms with Crippen molar-refractivity contribution in [2.45, 2.75) is 6.36 Å². The molecule has 4 heteroatoms. The summed E-state index contributed by atoms with van der Waals surface area (Å²) in [6, 6.07) is 0. The van der Waals surface area contributed by atoms with Crippen molar-refractivity contribution < 1.29 is 17.9 Å². The summed E-state index contributed by atoms with van der Waals surface area (Å²) in [7, 11) is 0. The Morgan fingerprint density at radius 3 is 2.12 bits per heavy atom. The highest BCUT2D eigenvalue weighted by Gasteiger charge is 2.27. The molecule has 0 aromatic carbocycles. The monoisotopic (exact) mass is 128 g/mol. The summed E-state index contributed by atoms with van der Waals surface area (Å²) in [6.45, 7) is 2.56. The van der Waals surface area contributed by atoms with Gasteiger partial charge in [-0.05, 0) is 0 Å². The van der Waals surface area contributed by atoms with Gasteiger partial charge in [0, 0.05) is 0 Å². The summed E-state index contributed by atoms with van der Waals surface area (Å²) in [5.74, 6) is 0. The number of hydrogen-bond donors (Lipinski definition) is 0. The SMILES string of the molecule is C=CCO[14C](F)(F)F. The van der Waals surface area contributed by atoms with E-state index < -0.39 is 13.0 Å². The van der Waals surface area contributed by atoms with Gasteiger partial charge in [0.2, 0.25) is 0 Å². The highest BCUT2D eigenvalue weighted by atomic mass is 19.6. The van der Waals surface area contributed by atoms with E-state index in [1.54, 1.807) is 0 Å². The molecule has 0 saturated carbocycles. The minimum absolute atomic E-state index is 0.483. The van der Waals surface area contributed by atoms with Crippen LogP contribution in [0.2, 0.25) is 0 Å². The fourth-order valence-corrected chi connectivity index (χ4v) is 0.153. The molecule has 0 unspecified atom stereocenters. The molecule has 48 valence electrons. The molecule has 0 radical (unpaired) electrons. The van der Waals surface area contributed by atoms with E-state index in [1.807, 2.05) is 0 Å². The van der Waals surface area contributed by atoms with Gasteiger partial charge in [0.15, 0.2) is 0 Å². The topological polar surface area (TPSA) is 9.23 Å². The lowest BCUT2D eigenvalue weighted by atomic mass is 10.7. The number of ether oxygens (including phenoxy) is 1. The third kappa shape index (κ3) is 5.49. The minimum Gasteiger partial charge on any atom is -0.288 e. The molecule has 8 heavy (non-hydrogen) atoms. The van der Waals surface area contributed by atoms with Crippen LogP contribution in [0, 0.1) is 0 Å². The molecule has 0 aliphatic carbocycles. The van der Waals surface area contributed by atoms with Crippen molar-refractivity contribution >= 4 is 0 Å². The lowest BCUT2D eigenvalue weighted by molar-refractivity contribution is -0.319. The van der Waals surface area contributed by atoms with E-state index in [2.05, 4.69) is 11.3 Å². The first-order valence-corrected chi connectivity index (χ1v) is 1.88. The van der Waals surface area contributed by atoms with E-state index in [-0.39, 0.29) is 0 Å². The molecule has 0 spiro atoms. The van der Waals surface area contributed by atoms with Crippen molar-refractivity contribution in [3.05, 3.63) is 12.7 Å². The van der Waals surface area contributed by atoms with Crippen molar-refractivity contribution in [2.24, 2.45) is 0 Å². The summed E-state index contributed by atoms with van der Waals surface area (Å²) in [4.78, 5) is 0. The molecule has 0 aromatic heterocycles. The van der Waals surface area contributed by atoms with E-state index in [0.717, 1.165) is 6.08 Å². The van der Waals surface area contributed by atoms with Gasteiger partial charge in [-0.25, -0.2) is 0 Å². The van der Waals surface area contributed by atoms with Gasteiger partial charge < -0.3 is 0 Å². The quantitative estimate of drug-likeness (QED) is 0.514. The van der Waals surface area contributed by atoms with Crippen molar-refractivity contribution in [3.63, 3.8) is 0 Å². The van der Waals surface area contributed by atoms with Crippen LogP contribution in [0.15, 0.2) is 12.7 Å². The lowest BCUT2D eigenvalue weighted by Crippen LogP contribution is -2.12. The van der Waals surface area contributed by atoms with E-state index >= 15 is 0 Å². The van der Waals surface area contributed by atoms with Crippen LogP contribution in [0.3, 0.4) is 0 Å². The Balaban J connectivity index is 3.24. The highest BCUT2D eigenvalue weighted by Crippen LogP contribution is 2.15. The first-order valence-electron chi connectivity index (χ1n) is 1.88. The minimum atomic E-state index is -4.52. The molecule has 0 aliphatic heterocycles. The van der Waals surface area contributed by atoms with Gasteiger partial charge in [0.25, 0.3) is 0 Å². The molecule has 0 fully saturated rings. The summed E-state index contributed by atoms with van der Waals surface area (Å²) < 4.78 is 36.2. The Hall–Kier alpha value is -0.510. The van der Waals surface area contributed by atoms with Crippen molar-refractivity contribution in [2.75, 3.05) is 6.61 Å². The first-order chi connectivity index (χ1) is 3.56. The molecule has 0 amide bonds. The van der Waals surface area contributed by atoms with Crippen molar-refractivity contribution in [3.8, 4) is 0 Å². The summed E-state index contributed by atoms with van der Waals surface area (Å²) in [5, 5.41) is 0. The molecule has 0 saturated heterocycles. The summed E-state index contributed by atoms with van der Waals surface area (Å²) >= 11 is 0. The Kier molecular flexibility index (Phi) is 2.54. The zero-order chi connectivity index (χ0) is 6.62. The zero-order valence-corrected chi connectivity index (χ0v) is 4.03. The van der Waals surface area contributed by atoms with Crippen LogP contribution >= 0.6 is 0 Å². The molecule has 0 bridgehead atoms. The molecule has 0 aliphatic rings. The van der Waals surface area contributed by atoms with Crippen LogP contribution < -0.4 is 0 Å². The van der Waals surface area contributed by atoms with E-state index in [9.17, 15) is 13.2 Å². The van der Waals surface area contributed by atoms with Gasteiger partial charge in [0.1, 0.15) is 0 Å². The number of alkyl halides is 3. The molecule has 0 rings (SSSR count). The Bertz CT molecular complexity index is 75.8.